The van der Waals surface area contributed by atoms with Crippen LogP contribution in [0.2, 0.25) is 5.02 Å². The lowest BCUT2D eigenvalue weighted by atomic mass is 10.1. The highest BCUT2D eigenvalue weighted by atomic mass is 35.5. The highest BCUT2D eigenvalue weighted by molar-refractivity contribution is 6.35. The van der Waals surface area contributed by atoms with Crippen molar-refractivity contribution < 1.29 is 14.4 Å². The van der Waals surface area contributed by atoms with E-state index >= 15 is 0 Å². The highest BCUT2D eigenvalue weighted by Gasteiger charge is 2.27. The summed E-state index contributed by atoms with van der Waals surface area (Å²) in [5.41, 5.74) is 1.44. The number of carbonyl (C=O) groups is 3. The van der Waals surface area contributed by atoms with E-state index < -0.39 is 11.8 Å². The number of nitrogens with zero attached hydrogens (tertiary/aromatic N) is 4. The van der Waals surface area contributed by atoms with E-state index in [1.165, 1.54) is 12.1 Å². The van der Waals surface area contributed by atoms with Crippen molar-refractivity contribution in [3.05, 3.63) is 60.3 Å². The van der Waals surface area contributed by atoms with Gasteiger partial charge in [-0.25, -0.2) is 4.98 Å². The molecule has 0 bridgehead atoms. The maximum absolute atomic E-state index is 13.0. The fraction of sp³-hybridized carbons (Fsp3) is 0.261. The van der Waals surface area contributed by atoms with Gasteiger partial charge in [-0.2, -0.15) is 5.10 Å². The van der Waals surface area contributed by atoms with Crippen LogP contribution in [-0.2, 0) is 9.59 Å². The Labute approximate surface area is 200 Å². The summed E-state index contributed by atoms with van der Waals surface area (Å²) in [6.45, 7) is 8.06. The number of carbonyl (C=O) groups excluding carboxylic acids is 3. The van der Waals surface area contributed by atoms with E-state index in [1.54, 1.807) is 17.0 Å². The minimum absolute atomic E-state index is 0.133. The number of H-pyrrole nitrogens is 1. The minimum Gasteiger partial charge on any atom is -0.337 e. The molecule has 4 rings (SSSR count). The van der Waals surface area contributed by atoms with Crippen molar-refractivity contribution in [2.24, 2.45) is 0 Å². The molecule has 0 spiro atoms. The van der Waals surface area contributed by atoms with Crippen LogP contribution < -0.4 is 10.6 Å². The molecule has 3 heterocycles. The summed E-state index contributed by atoms with van der Waals surface area (Å²) in [4.78, 5) is 43.2. The number of fused-ring (bicyclic) bond motifs is 1. The quantitative estimate of drug-likeness (QED) is 0.464. The third-order valence-electron chi connectivity index (χ3n) is 5.64. The molecule has 2 aromatic heterocycles. The second kappa shape index (κ2) is 9.92. The molecule has 1 aliphatic rings. The smallest absolute Gasteiger partial charge is 0.276 e. The van der Waals surface area contributed by atoms with Gasteiger partial charge in [0.2, 0.25) is 17.8 Å². The number of hydrogen-bond acceptors (Lipinski definition) is 5. The Bertz CT molecular complexity index is 1280. The molecule has 11 heteroatoms. The average Bonchev–Trinajstić information content (AvgIpc) is 3.36. The predicted octanol–water partition coefficient (Wildman–Crippen LogP) is 3.53. The summed E-state index contributed by atoms with van der Waals surface area (Å²) < 4.78 is 1.89. The molecule has 34 heavy (non-hydrogen) atoms. The van der Waals surface area contributed by atoms with E-state index in [-0.39, 0.29) is 23.5 Å². The Balaban J connectivity index is 1.69. The lowest BCUT2D eigenvalue weighted by molar-refractivity contribution is -0.126. The van der Waals surface area contributed by atoms with Gasteiger partial charge in [0.25, 0.3) is 5.91 Å². The van der Waals surface area contributed by atoms with Gasteiger partial charge in [-0.15, -0.1) is 0 Å². The van der Waals surface area contributed by atoms with Gasteiger partial charge in [0.05, 0.1) is 22.1 Å². The van der Waals surface area contributed by atoms with Crippen molar-refractivity contribution in [3.63, 3.8) is 0 Å². The molecule has 3 N–H and O–H groups in total. The molecule has 0 unspecified atom stereocenters. The predicted molar refractivity (Wildman–Crippen MR) is 130 cm³/mol. The Morgan fingerprint density at radius 3 is 2.76 bits per heavy atom. The third kappa shape index (κ3) is 4.72. The lowest BCUT2D eigenvalue weighted by Gasteiger charge is -2.26. The van der Waals surface area contributed by atoms with Gasteiger partial charge in [-0.1, -0.05) is 30.8 Å². The van der Waals surface area contributed by atoms with Crippen molar-refractivity contribution in [2.75, 3.05) is 23.7 Å². The third-order valence-corrected chi connectivity index (χ3v) is 5.95. The summed E-state index contributed by atoms with van der Waals surface area (Å²) in [6, 6.07) is 6.62. The topological polar surface area (TPSA) is 125 Å². The van der Waals surface area contributed by atoms with Crippen LogP contribution in [0.4, 0.5) is 11.8 Å². The van der Waals surface area contributed by atoms with Crippen LogP contribution in [0.3, 0.4) is 0 Å². The molecule has 1 atom stereocenters. The molecular weight excluding hydrogens is 458 g/mol. The molecule has 176 valence electrons. The number of imidazole rings is 1. The van der Waals surface area contributed by atoms with Crippen molar-refractivity contribution in [2.45, 2.75) is 25.3 Å². The summed E-state index contributed by atoms with van der Waals surface area (Å²) in [5.74, 6) is -0.584. The lowest BCUT2D eigenvalue weighted by Crippen LogP contribution is -2.34. The minimum atomic E-state index is -0.494. The Morgan fingerprint density at radius 2 is 2.00 bits per heavy atom. The maximum Gasteiger partial charge on any atom is 0.276 e. The van der Waals surface area contributed by atoms with Crippen LogP contribution in [-0.4, -0.2) is 55.5 Å². The number of benzene rings is 1. The first kappa shape index (κ1) is 23.2. The maximum atomic E-state index is 13.0. The van der Waals surface area contributed by atoms with Crippen LogP contribution in [0, 0.1) is 0 Å². The SMILES string of the molecule is C=CC(=O)Nc1cc(C(=O)Nc2nc3cccc(Cl)c3n2[C@@H]2CCCCN(C(=O)C=C)C2)[nH]n1. The zero-order valence-corrected chi connectivity index (χ0v) is 19.1. The summed E-state index contributed by atoms with van der Waals surface area (Å²) >= 11 is 6.55. The van der Waals surface area contributed by atoms with Gasteiger partial charge in [-0.3, -0.25) is 24.8 Å². The first-order chi connectivity index (χ1) is 16.4. The number of likely N-dealkylation sites (tertiary alicyclic amines) is 1. The number of rotatable bonds is 6. The fourth-order valence-electron chi connectivity index (χ4n) is 4.06. The van der Waals surface area contributed by atoms with Crippen molar-refractivity contribution in [1.29, 1.82) is 0 Å². The van der Waals surface area contributed by atoms with E-state index in [9.17, 15) is 14.4 Å². The van der Waals surface area contributed by atoms with E-state index in [2.05, 4.69) is 39.0 Å². The zero-order chi connectivity index (χ0) is 24.2. The second-order valence-corrected chi connectivity index (χ2v) is 8.27. The van der Waals surface area contributed by atoms with Crippen LogP contribution in [0.25, 0.3) is 11.0 Å². The van der Waals surface area contributed by atoms with Crippen molar-refractivity contribution in [1.82, 2.24) is 24.6 Å². The normalized spacial score (nSPS) is 16.0. The molecule has 0 aliphatic carbocycles. The molecule has 1 saturated heterocycles. The number of amides is 3. The largest absolute Gasteiger partial charge is 0.337 e. The molecule has 1 fully saturated rings. The summed E-state index contributed by atoms with van der Waals surface area (Å²) in [6.07, 6.45) is 4.96. The number of nitrogens with one attached hydrogen (secondary N) is 3. The van der Waals surface area contributed by atoms with E-state index in [0.29, 0.717) is 35.1 Å². The number of halogens is 1. The Kier molecular flexibility index (Phi) is 6.78. The van der Waals surface area contributed by atoms with Gasteiger partial charge >= 0.3 is 0 Å². The molecule has 1 aliphatic heterocycles. The number of anilines is 2. The number of aromatic amines is 1. The Morgan fingerprint density at radius 1 is 1.18 bits per heavy atom. The van der Waals surface area contributed by atoms with Crippen LogP contribution in [0.15, 0.2) is 49.6 Å². The van der Waals surface area contributed by atoms with Crippen molar-refractivity contribution in [3.8, 4) is 0 Å². The highest BCUT2D eigenvalue weighted by Crippen LogP contribution is 2.34. The second-order valence-electron chi connectivity index (χ2n) is 7.87. The number of para-hydroxylation sites is 1. The summed E-state index contributed by atoms with van der Waals surface area (Å²) in [5, 5.41) is 12.3. The molecule has 3 amide bonds. The van der Waals surface area contributed by atoms with Gasteiger partial charge in [0.1, 0.15) is 5.69 Å². The van der Waals surface area contributed by atoms with E-state index in [0.717, 1.165) is 25.3 Å². The van der Waals surface area contributed by atoms with Gasteiger partial charge in [0, 0.05) is 19.2 Å². The molecule has 0 saturated carbocycles. The standard InChI is InChI=1S/C23H24ClN7O3/c1-3-19(32)26-18-12-17(28-29-18)22(34)27-23-25-16-10-7-9-15(24)21(16)31(23)14-8-5-6-11-30(13-14)20(33)4-2/h3-4,7,9-10,12,14H,1-2,5-6,8,11,13H2,(H,25,27,34)(H2,26,28,29,32)/t14-/m1/s1. The zero-order valence-electron chi connectivity index (χ0n) is 18.4. The monoisotopic (exact) mass is 481 g/mol. The van der Waals surface area contributed by atoms with Gasteiger partial charge < -0.3 is 14.8 Å². The van der Waals surface area contributed by atoms with Gasteiger partial charge in [-0.05, 0) is 43.5 Å². The first-order valence-corrected chi connectivity index (χ1v) is 11.2. The molecule has 10 nitrogen and oxygen atoms in total. The Hall–Kier alpha value is -3.92. The van der Waals surface area contributed by atoms with Crippen LogP contribution >= 0.6 is 11.6 Å². The van der Waals surface area contributed by atoms with E-state index in [4.69, 9.17) is 11.6 Å². The van der Waals surface area contributed by atoms with Crippen LogP contribution in [0.5, 0.6) is 0 Å². The van der Waals surface area contributed by atoms with Crippen molar-refractivity contribution >= 4 is 52.1 Å². The molecule has 0 radical (unpaired) electrons. The number of hydrogen-bond donors (Lipinski definition) is 3. The molecule has 3 aromatic rings. The first-order valence-electron chi connectivity index (χ1n) is 10.8. The molecule has 1 aromatic carbocycles. The number of aromatic nitrogens is 4. The van der Waals surface area contributed by atoms with E-state index in [1.807, 2.05) is 10.6 Å². The summed E-state index contributed by atoms with van der Waals surface area (Å²) in [7, 11) is 0. The average molecular weight is 482 g/mol. The molecular formula is C23H24ClN7O3. The fourth-order valence-corrected chi connectivity index (χ4v) is 4.32. The van der Waals surface area contributed by atoms with Gasteiger partial charge in [0.15, 0.2) is 5.82 Å². The van der Waals surface area contributed by atoms with Crippen LogP contribution in [0.1, 0.15) is 35.8 Å².